The van der Waals surface area contributed by atoms with Crippen molar-refractivity contribution in [1.29, 1.82) is 0 Å². The summed E-state index contributed by atoms with van der Waals surface area (Å²) < 4.78 is 96.3. The summed E-state index contributed by atoms with van der Waals surface area (Å²) in [5, 5.41) is 37.1. The van der Waals surface area contributed by atoms with Crippen molar-refractivity contribution in [1.82, 2.24) is 30.4 Å². The molecule has 55 heavy (non-hydrogen) atoms. The van der Waals surface area contributed by atoms with Gasteiger partial charge in [0.15, 0.2) is 11.6 Å². The number of rotatable bonds is 9. The van der Waals surface area contributed by atoms with Crippen molar-refractivity contribution in [3.8, 4) is 57.7 Å². The number of alkyl halides is 3. The summed E-state index contributed by atoms with van der Waals surface area (Å²) in [5.74, 6) is -0.110. The molecule has 0 fully saturated rings. The molecule has 0 aliphatic heterocycles. The van der Waals surface area contributed by atoms with Gasteiger partial charge < -0.3 is 24.4 Å². The molecule has 0 radical (unpaired) electrons. The number of carboxylic acids is 2. The molecular weight excluding hydrogens is 756 g/mol. The van der Waals surface area contributed by atoms with Gasteiger partial charge in [-0.2, -0.15) is 0 Å². The van der Waals surface area contributed by atoms with Gasteiger partial charge in [0.1, 0.15) is 11.5 Å². The van der Waals surface area contributed by atoms with E-state index in [-0.39, 0.29) is 11.4 Å². The van der Waals surface area contributed by atoms with Crippen molar-refractivity contribution in [3.05, 3.63) is 125 Å². The van der Waals surface area contributed by atoms with E-state index in [2.05, 4.69) is 37.2 Å². The first-order chi connectivity index (χ1) is 26.2. The van der Waals surface area contributed by atoms with Gasteiger partial charge >= 0.3 is 18.3 Å². The van der Waals surface area contributed by atoms with Gasteiger partial charge in [0.05, 0.1) is 16.1 Å². The largest absolute Gasteiger partial charge is 0.573 e. The number of aromatic carboxylic acids is 2. The van der Waals surface area contributed by atoms with Gasteiger partial charge in [0, 0.05) is 28.5 Å². The topological polar surface area (TPSA) is 209 Å². The molecule has 2 heterocycles. The molecule has 20 heteroatoms. The van der Waals surface area contributed by atoms with E-state index in [0.717, 1.165) is 22.4 Å². The van der Waals surface area contributed by atoms with Crippen LogP contribution in [0, 0.1) is 28.8 Å². The van der Waals surface area contributed by atoms with Gasteiger partial charge in [0.25, 0.3) is 11.8 Å². The minimum atomic E-state index is -5.45. The minimum Gasteiger partial charge on any atom is -0.476 e. The Hall–Kier alpha value is -7.71. The SMILES string of the molecule is O=C(O)c1[nH]nnc1Oc1cc(F)c(OC(F)(F)F)c(C#CS(=O)(=O)c2cccc(-n3nnc(Oc4ccc(C#Cc5ccccc5)cc4)c3C(=O)O)c2)c1. The van der Waals surface area contributed by atoms with Crippen LogP contribution < -0.4 is 14.2 Å². The third-order valence-corrected chi connectivity index (χ3v) is 8.15. The number of nitrogens with one attached hydrogen (secondary N) is 1. The van der Waals surface area contributed by atoms with Gasteiger partial charge in [-0.1, -0.05) is 56.7 Å². The summed E-state index contributed by atoms with van der Waals surface area (Å²) >= 11 is 0. The van der Waals surface area contributed by atoms with E-state index in [9.17, 15) is 45.8 Å². The molecule has 15 nitrogen and oxygen atoms in total. The first-order valence-electron chi connectivity index (χ1n) is 15.0. The lowest BCUT2D eigenvalue weighted by Gasteiger charge is -2.13. The molecule has 0 amide bonds. The van der Waals surface area contributed by atoms with E-state index < -0.39 is 79.1 Å². The summed E-state index contributed by atoms with van der Waals surface area (Å²) in [6.07, 6.45) is -5.45. The van der Waals surface area contributed by atoms with E-state index in [0.29, 0.717) is 17.7 Å². The number of ether oxygens (including phenoxy) is 3. The van der Waals surface area contributed by atoms with E-state index >= 15 is 0 Å². The van der Waals surface area contributed by atoms with Crippen molar-refractivity contribution in [2.24, 2.45) is 0 Å². The standard InChI is InChI=1S/C35H18F4N6O9S/c36-27-19-25(53-31-28(33(46)47)40-43-41-31)17-22(30(27)54-35(37,38)39)15-16-55(50,51)26-8-4-7-23(18-26)45-29(34(48)49)32(42-44-45)52-24-13-11-21(12-14-24)10-9-20-5-2-1-3-6-20/h1-8,11-14,17-19H,(H,46,47)(H,48,49)(H,40,41,43). The Balaban J connectivity index is 1.29. The predicted octanol–water partition coefficient (Wildman–Crippen LogP) is 5.59. The molecule has 0 bridgehead atoms. The summed E-state index contributed by atoms with van der Waals surface area (Å²) in [6.45, 7) is 0. The Labute approximate surface area is 305 Å². The number of hydrogen-bond acceptors (Lipinski definition) is 11. The van der Waals surface area contributed by atoms with E-state index in [1.807, 2.05) is 41.4 Å². The van der Waals surface area contributed by atoms with Gasteiger partial charge in [-0.15, -0.1) is 13.2 Å². The van der Waals surface area contributed by atoms with E-state index in [1.165, 1.54) is 24.3 Å². The first kappa shape index (κ1) is 37.1. The number of aromatic nitrogens is 6. The zero-order valence-electron chi connectivity index (χ0n) is 27.1. The van der Waals surface area contributed by atoms with Crippen LogP contribution in [0.25, 0.3) is 5.69 Å². The molecule has 2 aromatic heterocycles. The maximum atomic E-state index is 14.9. The van der Waals surface area contributed by atoms with Gasteiger partial charge in [-0.25, -0.2) is 32.2 Å². The lowest BCUT2D eigenvalue weighted by molar-refractivity contribution is -0.275. The molecule has 4 aromatic carbocycles. The van der Waals surface area contributed by atoms with Crippen LogP contribution in [-0.4, -0.2) is 67.3 Å². The Morgan fingerprint density at radius 2 is 1.47 bits per heavy atom. The number of H-pyrrole nitrogens is 1. The number of benzene rings is 4. The van der Waals surface area contributed by atoms with Crippen molar-refractivity contribution in [3.63, 3.8) is 0 Å². The van der Waals surface area contributed by atoms with Crippen molar-refractivity contribution in [2.75, 3.05) is 0 Å². The zero-order chi connectivity index (χ0) is 39.3. The van der Waals surface area contributed by atoms with Crippen LogP contribution in [0.2, 0.25) is 0 Å². The number of nitrogens with zero attached hydrogens (tertiary/aromatic N) is 5. The van der Waals surface area contributed by atoms with Gasteiger partial charge in [-0.05, 0) is 60.5 Å². The van der Waals surface area contributed by atoms with Crippen LogP contribution >= 0.6 is 0 Å². The van der Waals surface area contributed by atoms with Crippen molar-refractivity contribution >= 4 is 21.8 Å². The maximum Gasteiger partial charge on any atom is 0.573 e. The van der Waals surface area contributed by atoms with E-state index in [1.54, 1.807) is 17.4 Å². The summed E-state index contributed by atoms with van der Waals surface area (Å²) in [5.41, 5.74) is -0.993. The zero-order valence-corrected chi connectivity index (χ0v) is 27.9. The second kappa shape index (κ2) is 15.1. The highest BCUT2D eigenvalue weighted by atomic mass is 32.2. The molecule has 276 valence electrons. The highest BCUT2D eigenvalue weighted by Gasteiger charge is 2.34. The molecule has 0 aliphatic rings. The Morgan fingerprint density at radius 1 is 0.782 bits per heavy atom. The monoisotopic (exact) mass is 774 g/mol. The lowest BCUT2D eigenvalue weighted by atomic mass is 10.2. The molecule has 6 rings (SSSR count). The normalized spacial score (nSPS) is 11.1. The van der Waals surface area contributed by atoms with Crippen molar-refractivity contribution < 1.29 is 60.0 Å². The lowest BCUT2D eigenvalue weighted by Crippen LogP contribution is -2.19. The number of aromatic amines is 1. The van der Waals surface area contributed by atoms with Crippen LogP contribution in [0.5, 0.6) is 29.0 Å². The average Bonchev–Trinajstić information content (AvgIpc) is 3.79. The average molecular weight is 775 g/mol. The Kier molecular flexibility index (Phi) is 10.2. The number of hydrogen-bond donors (Lipinski definition) is 3. The second-order valence-corrected chi connectivity index (χ2v) is 12.3. The molecule has 0 spiro atoms. The molecule has 6 aromatic rings. The van der Waals surface area contributed by atoms with Crippen LogP contribution in [0.3, 0.4) is 0 Å². The Bertz CT molecular complexity index is 2680. The number of carboxylic acid groups (broad SMARTS) is 2. The molecule has 0 atom stereocenters. The molecule has 0 unspecified atom stereocenters. The van der Waals surface area contributed by atoms with Crippen LogP contribution in [0.1, 0.15) is 37.7 Å². The summed E-state index contributed by atoms with van der Waals surface area (Å²) in [7, 11) is -4.76. The van der Waals surface area contributed by atoms with Crippen LogP contribution in [0.15, 0.2) is 95.9 Å². The van der Waals surface area contributed by atoms with Gasteiger partial charge in [-0.3, -0.25) is 0 Å². The Morgan fingerprint density at radius 3 is 2.15 bits per heavy atom. The van der Waals surface area contributed by atoms with Crippen LogP contribution in [0.4, 0.5) is 17.6 Å². The fraction of sp³-hybridized carbons (Fsp3) is 0.0286. The van der Waals surface area contributed by atoms with Crippen molar-refractivity contribution in [2.45, 2.75) is 11.3 Å². The molecule has 0 aliphatic carbocycles. The summed E-state index contributed by atoms with van der Waals surface area (Å²) in [4.78, 5) is 23.0. The highest BCUT2D eigenvalue weighted by Crippen LogP contribution is 2.34. The number of halogens is 4. The maximum absolute atomic E-state index is 14.9. The highest BCUT2D eigenvalue weighted by molar-refractivity contribution is 7.96. The summed E-state index contributed by atoms with van der Waals surface area (Å²) in [6, 6.07) is 21.0. The smallest absolute Gasteiger partial charge is 0.476 e. The fourth-order valence-corrected chi connectivity index (χ4v) is 5.42. The quantitative estimate of drug-likeness (QED) is 0.121. The molecular formula is C35H18F4N6O9S. The number of carbonyl (C=O) groups is 2. The number of sulfone groups is 1. The fourth-order valence-electron chi connectivity index (χ4n) is 4.53. The third kappa shape index (κ3) is 8.85. The first-order valence-corrected chi connectivity index (χ1v) is 16.5. The molecule has 3 N–H and O–H groups in total. The van der Waals surface area contributed by atoms with Gasteiger partial charge in [0.2, 0.25) is 21.2 Å². The molecule has 0 saturated heterocycles. The predicted molar refractivity (Wildman–Crippen MR) is 178 cm³/mol. The molecule has 0 saturated carbocycles. The second-order valence-electron chi connectivity index (χ2n) is 10.7. The third-order valence-electron chi connectivity index (χ3n) is 6.91. The van der Waals surface area contributed by atoms with Crippen LogP contribution in [-0.2, 0) is 9.84 Å². The minimum absolute atomic E-state index is 0.154. The van der Waals surface area contributed by atoms with E-state index in [4.69, 9.17) is 9.47 Å².